The lowest BCUT2D eigenvalue weighted by Crippen LogP contribution is -1.98. The summed E-state index contributed by atoms with van der Waals surface area (Å²) in [6.07, 6.45) is 0. The van der Waals surface area contributed by atoms with Crippen molar-refractivity contribution in [1.82, 2.24) is 4.57 Å². The Morgan fingerprint density at radius 2 is 1.90 bits per heavy atom. The summed E-state index contributed by atoms with van der Waals surface area (Å²) in [4.78, 5) is 11.0. The van der Waals surface area contributed by atoms with Crippen molar-refractivity contribution in [3.8, 4) is 5.88 Å². The van der Waals surface area contributed by atoms with E-state index in [1.807, 2.05) is 43.3 Å². The summed E-state index contributed by atoms with van der Waals surface area (Å²) in [7, 11) is 0. The normalized spacial score (nSPS) is 11.0. The van der Waals surface area contributed by atoms with Gasteiger partial charge in [-0.15, -0.1) is 4.91 Å². The van der Waals surface area contributed by atoms with Crippen molar-refractivity contribution < 1.29 is 5.11 Å². The fraction of sp³-hybridized carbons (Fsp3) is 0.125. The Bertz CT molecular complexity index is 822. The van der Waals surface area contributed by atoms with E-state index >= 15 is 0 Å². The van der Waals surface area contributed by atoms with Crippen molar-refractivity contribution in [2.24, 2.45) is 5.18 Å². The van der Waals surface area contributed by atoms with E-state index in [-0.39, 0.29) is 11.6 Å². The molecule has 1 N–H and O–H groups in total. The van der Waals surface area contributed by atoms with Crippen molar-refractivity contribution >= 4 is 32.5 Å². The van der Waals surface area contributed by atoms with Crippen molar-refractivity contribution in [2.45, 2.75) is 13.5 Å². The van der Waals surface area contributed by atoms with Crippen LogP contribution in [0.2, 0.25) is 0 Å². The maximum Gasteiger partial charge on any atom is 0.222 e. The van der Waals surface area contributed by atoms with Crippen LogP contribution in [0.1, 0.15) is 11.1 Å². The van der Waals surface area contributed by atoms with E-state index in [1.54, 1.807) is 10.6 Å². The van der Waals surface area contributed by atoms with E-state index < -0.39 is 0 Å². The summed E-state index contributed by atoms with van der Waals surface area (Å²) < 4.78 is 2.54. The van der Waals surface area contributed by atoms with Gasteiger partial charge < -0.3 is 9.67 Å². The molecule has 0 saturated carbocycles. The van der Waals surface area contributed by atoms with Crippen molar-refractivity contribution in [2.75, 3.05) is 0 Å². The molecular weight excluding hydrogens is 332 g/mol. The Morgan fingerprint density at radius 3 is 2.57 bits per heavy atom. The molecule has 0 aliphatic heterocycles. The highest BCUT2D eigenvalue weighted by Gasteiger charge is 2.17. The van der Waals surface area contributed by atoms with Crippen LogP contribution in [-0.2, 0) is 6.54 Å². The summed E-state index contributed by atoms with van der Waals surface area (Å²) in [5.41, 5.74) is 3.09. The van der Waals surface area contributed by atoms with Gasteiger partial charge in [0.1, 0.15) is 0 Å². The molecule has 0 aliphatic carbocycles. The van der Waals surface area contributed by atoms with Gasteiger partial charge >= 0.3 is 0 Å². The molecule has 0 spiro atoms. The molecule has 21 heavy (non-hydrogen) atoms. The van der Waals surface area contributed by atoms with Crippen LogP contribution >= 0.6 is 15.9 Å². The van der Waals surface area contributed by atoms with E-state index in [2.05, 4.69) is 21.1 Å². The zero-order valence-corrected chi connectivity index (χ0v) is 13.0. The first-order valence-corrected chi connectivity index (χ1v) is 7.29. The van der Waals surface area contributed by atoms with Crippen LogP contribution < -0.4 is 0 Å². The number of nitrogens with zero attached hydrogens (tertiary/aromatic N) is 2. The molecule has 0 unspecified atom stereocenters. The Morgan fingerprint density at radius 1 is 1.19 bits per heavy atom. The van der Waals surface area contributed by atoms with Crippen LogP contribution in [-0.4, -0.2) is 9.67 Å². The number of hydrogen-bond donors (Lipinski definition) is 1. The van der Waals surface area contributed by atoms with Crippen LogP contribution in [0.4, 0.5) is 5.69 Å². The van der Waals surface area contributed by atoms with Gasteiger partial charge in [0.25, 0.3) is 0 Å². The van der Waals surface area contributed by atoms with Crippen molar-refractivity contribution in [1.29, 1.82) is 0 Å². The van der Waals surface area contributed by atoms with Gasteiger partial charge in [0.15, 0.2) is 5.69 Å². The highest BCUT2D eigenvalue weighted by Crippen LogP contribution is 2.40. The fourth-order valence-electron chi connectivity index (χ4n) is 2.42. The number of benzene rings is 2. The first-order valence-electron chi connectivity index (χ1n) is 6.50. The van der Waals surface area contributed by atoms with Gasteiger partial charge in [-0.25, -0.2) is 0 Å². The molecule has 106 valence electrons. The first kappa shape index (κ1) is 13.8. The predicted molar refractivity (Wildman–Crippen MR) is 87.0 cm³/mol. The molecular formula is C16H13BrN2O2. The van der Waals surface area contributed by atoms with Gasteiger partial charge in [-0.05, 0) is 35.9 Å². The van der Waals surface area contributed by atoms with E-state index in [4.69, 9.17) is 0 Å². The number of fused-ring (bicyclic) bond motifs is 1. The lowest BCUT2D eigenvalue weighted by Gasteiger charge is -2.07. The fourth-order valence-corrected chi connectivity index (χ4v) is 2.78. The molecule has 0 fully saturated rings. The second kappa shape index (κ2) is 5.33. The Hall–Kier alpha value is -2.14. The third-order valence-electron chi connectivity index (χ3n) is 3.52. The lowest BCUT2D eigenvalue weighted by molar-refractivity contribution is 0.430. The van der Waals surface area contributed by atoms with Crippen LogP contribution in [0.25, 0.3) is 10.9 Å². The molecule has 5 heteroatoms. The van der Waals surface area contributed by atoms with Gasteiger partial charge in [0.2, 0.25) is 5.88 Å². The summed E-state index contributed by atoms with van der Waals surface area (Å²) in [6.45, 7) is 2.51. The smallest absolute Gasteiger partial charge is 0.222 e. The number of aryl methyl sites for hydroxylation is 1. The Kier molecular flexibility index (Phi) is 3.51. The molecule has 0 aliphatic rings. The molecule has 1 aromatic heterocycles. The molecule has 0 saturated heterocycles. The topological polar surface area (TPSA) is 54.6 Å². The highest BCUT2D eigenvalue weighted by molar-refractivity contribution is 9.10. The van der Waals surface area contributed by atoms with E-state index in [1.165, 1.54) is 5.56 Å². The maximum atomic E-state index is 11.0. The molecule has 0 bridgehead atoms. The summed E-state index contributed by atoms with van der Waals surface area (Å²) in [6, 6.07) is 13.6. The SMILES string of the molecule is Cc1ccc(Cn2c(O)c(N=O)c3cc(Br)ccc32)cc1. The summed E-state index contributed by atoms with van der Waals surface area (Å²) >= 11 is 3.37. The number of aromatic nitrogens is 1. The second-order valence-electron chi connectivity index (χ2n) is 5.00. The average molecular weight is 345 g/mol. The number of rotatable bonds is 3. The van der Waals surface area contributed by atoms with Crippen LogP contribution in [0.15, 0.2) is 52.1 Å². The third-order valence-corrected chi connectivity index (χ3v) is 4.02. The lowest BCUT2D eigenvalue weighted by atomic mass is 10.1. The minimum absolute atomic E-state index is 0.0819. The Balaban J connectivity index is 2.15. The van der Waals surface area contributed by atoms with Gasteiger partial charge in [-0.3, -0.25) is 0 Å². The minimum atomic E-state index is -0.0984. The average Bonchev–Trinajstić information content (AvgIpc) is 2.73. The molecule has 0 amide bonds. The largest absolute Gasteiger partial charge is 0.493 e. The maximum absolute atomic E-state index is 11.0. The van der Waals surface area contributed by atoms with Gasteiger partial charge in [0, 0.05) is 9.86 Å². The van der Waals surface area contributed by atoms with E-state index in [0.717, 1.165) is 15.6 Å². The summed E-state index contributed by atoms with van der Waals surface area (Å²) in [5, 5.41) is 13.9. The zero-order valence-electron chi connectivity index (χ0n) is 11.4. The molecule has 0 atom stereocenters. The second-order valence-corrected chi connectivity index (χ2v) is 5.91. The molecule has 3 rings (SSSR count). The monoisotopic (exact) mass is 344 g/mol. The third kappa shape index (κ3) is 2.45. The highest BCUT2D eigenvalue weighted by atomic mass is 79.9. The van der Waals surface area contributed by atoms with Crippen molar-refractivity contribution in [3.05, 3.63) is 63.0 Å². The summed E-state index contributed by atoms with van der Waals surface area (Å²) in [5.74, 6) is -0.0984. The number of aromatic hydroxyl groups is 1. The van der Waals surface area contributed by atoms with Gasteiger partial charge in [0.05, 0.1) is 12.1 Å². The molecule has 3 aromatic rings. The number of hydrogen-bond acceptors (Lipinski definition) is 3. The number of nitroso groups, excluding NO2 is 1. The quantitative estimate of drug-likeness (QED) is 0.689. The van der Waals surface area contributed by atoms with Crippen LogP contribution in [0.3, 0.4) is 0 Å². The standard InChI is InChI=1S/C16H13BrN2O2/c1-10-2-4-11(5-3-10)9-19-14-7-6-12(17)8-13(14)15(18-21)16(19)20/h2-8,20H,9H2,1H3. The molecule has 2 aromatic carbocycles. The van der Waals surface area contributed by atoms with Crippen LogP contribution in [0, 0.1) is 11.8 Å². The Labute approximate surface area is 130 Å². The van der Waals surface area contributed by atoms with Gasteiger partial charge in [-0.2, -0.15) is 0 Å². The zero-order chi connectivity index (χ0) is 15.0. The molecule has 1 heterocycles. The van der Waals surface area contributed by atoms with Crippen LogP contribution in [0.5, 0.6) is 5.88 Å². The minimum Gasteiger partial charge on any atom is -0.493 e. The van der Waals surface area contributed by atoms with Gasteiger partial charge in [-0.1, -0.05) is 45.8 Å². The number of halogens is 1. The molecule has 4 nitrogen and oxygen atoms in total. The van der Waals surface area contributed by atoms with Crippen molar-refractivity contribution in [3.63, 3.8) is 0 Å². The predicted octanol–water partition coefficient (Wildman–Crippen LogP) is 4.86. The molecule has 0 radical (unpaired) electrons. The first-order chi connectivity index (χ1) is 10.1. The van der Waals surface area contributed by atoms with E-state index in [9.17, 15) is 10.0 Å². The van der Waals surface area contributed by atoms with E-state index in [0.29, 0.717) is 11.9 Å².